The molecule has 3 heterocycles. The molecule has 0 radical (unpaired) electrons. The van der Waals surface area contributed by atoms with Crippen LogP contribution in [0.1, 0.15) is 17.0 Å². The summed E-state index contributed by atoms with van der Waals surface area (Å²) in [4.78, 5) is 62.0. The first-order valence-electron chi connectivity index (χ1n) is 14.5. The number of nitrogens with zero attached hydrogens (tertiary/aromatic N) is 5. The Kier molecular flexibility index (Phi) is 12.0. The standard InChI is InChI=1S/C34H32N6O8/c35-13-3-4-22-9-11-23(12-10-22)24-14-29(27-7-1-5-25(36-27)16-39(18-31(41)42)19-32(43)44)38-30(15-24)28-8-2-6-26(37-28)17-40(20-33(45)46)21-34(47)48/h1-2,5-12,14-15H,13,16-21,35H2,(H,41,42)(H,43,44)(H,45,46)(H,47,48). The molecule has 3 aromatic heterocycles. The van der Waals surface area contributed by atoms with E-state index < -0.39 is 50.1 Å². The van der Waals surface area contributed by atoms with Crippen LogP contribution in [0, 0.1) is 11.8 Å². The maximum atomic E-state index is 11.3. The van der Waals surface area contributed by atoms with Crippen LogP contribution in [0.2, 0.25) is 0 Å². The molecule has 0 saturated carbocycles. The average Bonchev–Trinajstić information content (AvgIpc) is 3.03. The minimum atomic E-state index is -1.17. The fraction of sp³-hybridized carbons (Fsp3) is 0.206. The third-order valence-corrected chi connectivity index (χ3v) is 6.72. The number of pyridine rings is 3. The van der Waals surface area contributed by atoms with Gasteiger partial charge in [0.25, 0.3) is 0 Å². The molecule has 6 N–H and O–H groups in total. The van der Waals surface area contributed by atoms with Gasteiger partial charge in [-0.3, -0.25) is 29.0 Å². The molecule has 4 aromatic rings. The normalized spacial score (nSPS) is 10.8. The molecular formula is C34H32N6O8. The van der Waals surface area contributed by atoms with Crippen molar-refractivity contribution in [2.75, 3.05) is 32.7 Å². The lowest BCUT2D eigenvalue weighted by atomic mass is 10.0. The van der Waals surface area contributed by atoms with E-state index in [0.29, 0.717) is 34.2 Å². The predicted molar refractivity (Wildman–Crippen MR) is 173 cm³/mol. The van der Waals surface area contributed by atoms with Crippen molar-refractivity contribution in [3.63, 3.8) is 0 Å². The summed E-state index contributed by atoms with van der Waals surface area (Å²) in [7, 11) is 0. The van der Waals surface area contributed by atoms with Crippen molar-refractivity contribution in [3.8, 4) is 45.7 Å². The van der Waals surface area contributed by atoms with Crippen LogP contribution in [0.15, 0.2) is 72.8 Å². The average molecular weight is 653 g/mol. The molecule has 0 aliphatic rings. The predicted octanol–water partition coefficient (Wildman–Crippen LogP) is 2.13. The highest BCUT2D eigenvalue weighted by atomic mass is 16.4. The van der Waals surface area contributed by atoms with Gasteiger partial charge in [-0.1, -0.05) is 36.1 Å². The number of nitrogens with two attached hydrogens (primary N) is 1. The number of hydrogen-bond acceptors (Lipinski definition) is 10. The number of rotatable bonds is 15. The minimum absolute atomic E-state index is 0.0307. The lowest BCUT2D eigenvalue weighted by Crippen LogP contribution is -2.34. The van der Waals surface area contributed by atoms with Crippen molar-refractivity contribution in [1.82, 2.24) is 24.8 Å². The molecular weight excluding hydrogens is 620 g/mol. The highest BCUT2D eigenvalue weighted by Crippen LogP contribution is 2.29. The van der Waals surface area contributed by atoms with Crippen LogP contribution in [0.25, 0.3) is 33.9 Å². The Balaban J connectivity index is 1.77. The van der Waals surface area contributed by atoms with E-state index in [1.807, 2.05) is 36.4 Å². The van der Waals surface area contributed by atoms with E-state index in [9.17, 15) is 39.6 Å². The lowest BCUT2D eigenvalue weighted by Gasteiger charge is -2.18. The van der Waals surface area contributed by atoms with E-state index in [1.165, 1.54) is 9.80 Å². The van der Waals surface area contributed by atoms with Crippen molar-refractivity contribution in [1.29, 1.82) is 0 Å². The van der Waals surface area contributed by atoms with Crippen LogP contribution >= 0.6 is 0 Å². The molecule has 0 fully saturated rings. The molecule has 0 spiro atoms. The van der Waals surface area contributed by atoms with Crippen LogP contribution in [-0.2, 0) is 32.3 Å². The van der Waals surface area contributed by atoms with Gasteiger partial charge in [0.1, 0.15) is 0 Å². The minimum Gasteiger partial charge on any atom is -0.480 e. The highest BCUT2D eigenvalue weighted by molar-refractivity contribution is 5.76. The maximum absolute atomic E-state index is 11.3. The zero-order chi connectivity index (χ0) is 34.6. The van der Waals surface area contributed by atoms with Crippen molar-refractivity contribution >= 4 is 23.9 Å². The maximum Gasteiger partial charge on any atom is 0.317 e. The Morgan fingerprint density at radius 3 is 1.42 bits per heavy atom. The summed E-state index contributed by atoms with van der Waals surface area (Å²) in [5, 5.41) is 37.0. The van der Waals surface area contributed by atoms with Crippen molar-refractivity contribution < 1.29 is 39.6 Å². The van der Waals surface area contributed by atoms with Gasteiger partial charge in [-0.15, -0.1) is 0 Å². The van der Waals surface area contributed by atoms with Crippen LogP contribution in [0.4, 0.5) is 0 Å². The Hall–Kier alpha value is -6.01. The molecule has 0 atom stereocenters. The van der Waals surface area contributed by atoms with Gasteiger partial charge >= 0.3 is 23.9 Å². The van der Waals surface area contributed by atoms with Gasteiger partial charge in [0.15, 0.2) is 0 Å². The lowest BCUT2D eigenvalue weighted by molar-refractivity contribution is -0.144. The fourth-order valence-electron chi connectivity index (χ4n) is 4.84. The van der Waals surface area contributed by atoms with Gasteiger partial charge in [-0.05, 0) is 59.7 Å². The highest BCUT2D eigenvalue weighted by Gasteiger charge is 2.18. The van der Waals surface area contributed by atoms with E-state index in [1.54, 1.807) is 36.4 Å². The Labute approximate surface area is 275 Å². The number of benzene rings is 1. The van der Waals surface area contributed by atoms with E-state index in [4.69, 9.17) is 10.7 Å². The van der Waals surface area contributed by atoms with E-state index >= 15 is 0 Å². The number of carboxylic acids is 4. The molecule has 0 amide bonds. The van der Waals surface area contributed by atoms with E-state index in [-0.39, 0.29) is 19.6 Å². The summed E-state index contributed by atoms with van der Waals surface area (Å²) in [5.74, 6) is 1.12. The van der Waals surface area contributed by atoms with Crippen LogP contribution in [0.5, 0.6) is 0 Å². The number of hydrogen-bond donors (Lipinski definition) is 5. The summed E-state index contributed by atoms with van der Waals surface area (Å²) < 4.78 is 0. The number of aromatic nitrogens is 3. The second-order valence-electron chi connectivity index (χ2n) is 10.6. The Morgan fingerprint density at radius 2 is 1.02 bits per heavy atom. The van der Waals surface area contributed by atoms with Crippen LogP contribution in [-0.4, -0.2) is 102 Å². The summed E-state index contributed by atoms with van der Waals surface area (Å²) in [6.45, 7) is -1.78. The van der Waals surface area contributed by atoms with Gasteiger partial charge in [-0.2, -0.15) is 0 Å². The van der Waals surface area contributed by atoms with Gasteiger partial charge < -0.3 is 26.2 Å². The first kappa shape index (κ1) is 34.9. The Bertz CT molecular complexity index is 1740. The number of carboxylic acid groups (broad SMARTS) is 4. The van der Waals surface area contributed by atoms with Gasteiger partial charge in [0, 0.05) is 18.7 Å². The summed E-state index contributed by atoms with van der Waals surface area (Å²) in [6.07, 6.45) is 0. The summed E-state index contributed by atoms with van der Waals surface area (Å²) in [5.41, 5.74) is 10.5. The van der Waals surface area contributed by atoms with Crippen molar-refractivity contribution in [3.05, 3.63) is 89.7 Å². The molecule has 246 valence electrons. The molecule has 0 aliphatic carbocycles. The molecule has 0 unspecified atom stereocenters. The molecule has 4 rings (SSSR count). The number of carbonyl (C=O) groups is 4. The summed E-state index contributed by atoms with van der Waals surface area (Å²) in [6, 6.07) is 21.4. The zero-order valence-corrected chi connectivity index (χ0v) is 25.6. The van der Waals surface area contributed by atoms with Crippen molar-refractivity contribution in [2.45, 2.75) is 13.1 Å². The first-order valence-corrected chi connectivity index (χ1v) is 14.5. The topological polar surface area (TPSA) is 220 Å². The largest absolute Gasteiger partial charge is 0.480 e. The van der Waals surface area contributed by atoms with E-state index in [0.717, 1.165) is 16.7 Å². The molecule has 0 bridgehead atoms. The van der Waals surface area contributed by atoms with Crippen LogP contribution in [0.3, 0.4) is 0 Å². The quantitative estimate of drug-likeness (QED) is 0.116. The molecule has 14 nitrogen and oxygen atoms in total. The van der Waals surface area contributed by atoms with Gasteiger partial charge in [0.05, 0.1) is 66.9 Å². The fourth-order valence-corrected chi connectivity index (χ4v) is 4.84. The van der Waals surface area contributed by atoms with E-state index in [2.05, 4.69) is 21.8 Å². The molecule has 0 saturated heterocycles. The molecule has 0 aliphatic heterocycles. The third-order valence-electron chi connectivity index (χ3n) is 6.72. The second-order valence-corrected chi connectivity index (χ2v) is 10.6. The molecule has 14 heteroatoms. The zero-order valence-electron chi connectivity index (χ0n) is 25.6. The smallest absolute Gasteiger partial charge is 0.317 e. The van der Waals surface area contributed by atoms with Crippen LogP contribution < -0.4 is 5.73 Å². The SMILES string of the molecule is NCC#Cc1ccc(-c2cc(-c3cccc(CN(CC(=O)O)CC(=O)O)n3)nc(-c3cccc(CN(CC(=O)O)CC(=O)O)n3)c2)cc1. The second kappa shape index (κ2) is 16.5. The van der Waals surface area contributed by atoms with Gasteiger partial charge in [0.2, 0.25) is 0 Å². The molecule has 48 heavy (non-hydrogen) atoms. The monoisotopic (exact) mass is 652 g/mol. The summed E-state index contributed by atoms with van der Waals surface area (Å²) >= 11 is 0. The Morgan fingerprint density at radius 1 is 0.583 bits per heavy atom. The molecule has 1 aromatic carbocycles. The van der Waals surface area contributed by atoms with Crippen molar-refractivity contribution in [2.24, 2.45) is 5.73 Å². The third kappa shape index (κ3) is 10.5. The van der Waals surface area contributed by atoms with Gasteiger partial charge in [-0.25, -0.2) is 15.0 Å². The first-order chi connectivity index (χ1) is 23.0. The number of aliphatic carboxylic acids is 4.